The molecule has 6 nitrogen and oxygen atoms in total. The number of aryl methyl sites for hydroxylation is 2. The number of carbonyl (C=O) groups excluding carboxylic acids is 2. The molecule has 0 atom stereocenters. The zero-order chi connectivity index (χ0) is 19.1. The van der Waals surface area contributed by atoms with E-state index in [9.17, 15) is 9.59 Å². The third-order valence-corrected chi connectivity index (χ3v) is 4.00. The van der Waals surface area contributed by atoms with Crippen LogP contribution in [-0.2, 0) is 9.59 Å². The molecule has 2 amide bonds. The Morgan fingerprint density at radius 3 is 2.42 bits per heavy atom. The van der Waals surface area contributed by atoms with E-state index in [0.29, 0.717) is 22.2 Å². The lowest BCUT2D eigenvalue weighted by Crippen LogP contribution is -2.35. The van der Waals surface area contributed by atoms with Crippen LogP contribution < -0.4 is 20.1 Å². The van der Waals surface area contributed by atoms with Crippen LogP contribution in [0.25, 0.3) is 0 Å². The van der Waals surface area contributed by atoms with Gasteiger partial charge < -0.3 is 20.1 Å². The smallest absolute Gasteiger partial charge is 0.258 e. The maximum absolute atomic E-state index is 12.0. The zero-order valence-electron chi connectivity index (χ0n) is 14.9. The van der Waals surface area contributed by atoms with Crippen molar-refractivity contribution in [3.8, 4) is 11.5 Å². The van der Waals surface area contributed by atoms with Crippen molar-refractivity contribution in [1.82, 2.24) is 5.32 Å². The highest BCUT2D eigenvalue weighted by molar-refractivity contribution is 6.31. The van der Waals surface area contributed by atoms with Crippen LogP contribution in [0.5, 0.6) is 11.5 Å². The van der Waals surface area contributed by atoms with E-state index in [1.807, 2.05) is 26.0 Å². The Hall–Kier alpha value is -2.73. The van der Waals surface area contributed by atoms with Gasteiger partial charge >= 0.3 is 0 Å². The molecule has 0 spiro atoms. The number of methoxy groups -OCH3 is 1. The van der Waals surface area contributed by atoms with Crippen molar-refractivity contribution in [1.29, 1.82) is 0 Å². The van der Waals surface area contributed by atoms with E-state index >= 15 is 0 Å². The van der Waals surface area contributed by atoms with Crippen LogP contribution >= 0.6 is 11.6 Å². The minimum atomic E-state index is -0.389. The molecule has 0 saturated heterocycles. The fourth-order valence-corrected chi connectivity index (χ4v) is 2.29. The molecule has 0 aliphatic carbocycles. The number of benzene rings is 2. The van der Waals surface area contributed by atoms with Crippen molar-refractivity contribution in [2.75, 3.05) is 25.6 Å². The van der Waals surface area contributed by atoms with Gasteiger partial charge in [-0.25, -0.2) is 0 Å². The summed E-state index contributed by atoms with van der Waals surface area (Å²) in [5, 5.41) is 5.73. The first-order chi connectivity index (χ1) is 12.4. The molecule has 7 heteroatoms. The molecule has 2 aromatic rings. The van der Waals surface area contributed by atoms with E-state index in [1.54, 1.807) is 24.3 Å². The molecule has 0 aromatic heterocycles. The van der Waals surface area contributed by atoms with Gasteiger partial charge in [-0.15, -0.1) is 0 Å². The maximum atomic E-state index is 12.0. The van der Waals surface area contributed by atoms with E-state index in [-0.39, 0.29) is 25.0 Å². The third kappa shape index (κ3) is 5.67. The molecule has 0 fully saturated rings. The van der Waals surface area contributed by atoms with E-state index in [4.69, 9.17) is 21.1 Å². The van der Waals surface area contributed by atoms with Gasteiger partial charge in [0.25, 0.3) is 5.91 Å². The van der Waals surface area contributed by atoms with Crippen LogP contribution in [0.1, 0.15) is 11.1 Å². The summed E-state index contributed by atoms with van der Waals surface area (Å²) < 4.78 is 10.6. The van der Waals surface area contributed by atoms with Gasteiger partial charge in [-0.1, -0.05) is 29.3 Å². The van der Waals surface area contributed by atoms with Gasteiger partial charge in [-0.2, -0.15) is 0 Å². The predicted octanol–water partition coefficient (Wildman–Crippen LogP) is 3.10. The normalized spacial score (nSPS) is 10.2. The van der Waals surface area contributed by atoms with Crippen LogP contribution in [0.4, 0.5) is 5.69 Å². The van der Waals surface area contributed by atoms with Gasteiger partial charge in [-0.05, 0) is 37.6 Å². The molecule has 2 N–H and O–H groups in total. The molecule has 0 aliphatic heterocycles. The van der Waals surface area contributed by atoms with Gasteiger partial charge in [0.2, 0.25) is 5.91 Å². The average Bonchev–Trinajstić information content (AvgIpc) is 2.62. The molecular formula is C19H21ClN2O4. The number of rotatable bonds is 7. The number of hydrogen-bond donors (Lipinski definition) is 2. The summed E-state index contributed by atoms with van der Waals surface area (Å²) in [5.41, 5.74) is 2.40. The van der Waals surface area contributed by atoms with Crippen LogP contribution in [0.3, 0.4) is 0 Å². The first kappa shape index (κ1) is 19.6. The Morgan fingerprint density at radius 1 is 1.08 bits per heavy atom. The Bertz CT molecular complexity index is 791. The van der Waals surface area contributed by atoms with Crippen LogP contribution in [0, 0.1) is 13.8 Å². The lowest BCUT2D eigenvalue weighted by Gasteiger charge is -2.13. The fraction of sp³-hybridized carbons (Fsp3) is 0.263. The van der Waals surface area contributed by atoms with Gasteiger partial charge in [0.05, 0.1) is 19.3 Å². The molecule has 0 radical (unpaired) electrons. The van der Waals surface area contributed by atoms with Crippen molar-refractivity contribution in [3.05, 3.63) is 52.5 Å². The average molecular weight is 377 g/mol. The quantitative estimate of drug-likeness (QED) is 0.778. The number of carbonyl (C=O) groups is 2. The summed E-state index contributed by atoms with van der Waals surface area (Å²) in [5.74, 6) is 0.272. The number of hydrogen-bond acceptors (Lipinski definition) is 4. The second-order valence-corrected chi connectivity index (χ2v) is 6.14. The topological polar surface area (TPSA) is 76.7 Å². The van der Waals surface area contributed by atoms with Crippen molar-refractivity contribution in [2.24, 2.45) is 0 Å². The maximum Gasteiger partial charge on any atom is 0.258 e. The molecule has 2 aromatic carbocycles. The van der Waals surface area contributed by atoms with Gasteiger partial charge in [-0.3, -0.25) is 9.59 Å². The SMILES string of the molecule is COc1cc(Cl)c(C)cc1NC(=O)CNC(=O)COc1ccc(C)cc1. The second kappa shape index (κ2) is 9.10. The zero-order valence-corrected chi connectivity index (χ0v) is 15.6. The third-order valence-electron chi connectivity index (χ3n) is 3.59. The largest absolute Gasteiger partial charge is 0.495 e. The van der Waals surface area contributed by atoms with Crippen LogP contribution in [0.15, 0.2) is 36.4 Å². The molecule has 0 saturated carbocycles. The van der Waals surface area contributed by atoms with E-state index in [2.05, 4.69) is 10.6 Å². The summed E-state index contributed by atoms with van der Waals surface area (Å²) in [6.45, 7) is 3.44. The lowest BCUT2D eigenvalue weighted by atomic mass is 10.2. The van der Waals surface area contributed by atoms with Crippen molar-refractivity contribution < 1.29 is 19.1 Å². The van der Waals surface area contributed by atoms with E-state index in [1.165, 1.54) is 7.11 Å². The van der Waals surface area contributed by atoms with Crippen LogP contribution in [-0.4, -0.2) is 32.1 Å². The first-order valence-electron chi connectivity index (χ1n) is 7.99. The number of halogens is 1. The summed E-state index contributed by atoms with van der Waals surface area (Å²) in [7, 11) is 1.49. The Morgan fingerprint density at radius 2 is 1.77 bits per heavy atom. The summed E-state index contributed by atoms with van der Waals surface area (Å²) >= 11 is 6.03. The minimum absolute atomic E-state index is 0.167. The van der Waals surface area contributed by atoms with Gasteiger partial charge in [0.15, 0.2) is 6.61 Å². The minimum Gasteiger partial charge on any atom is -0.495 e. The lowest BCUT2D eigenvalue weighted by molar-refractivity contribution is -0.125. The molecular weight excluding hydrogens is 356 g/mol. The standard InChI is InChI=1S/C19H21ClN2O4/c1-12-4-6-14(7-5-12)26-11-19(24)21-10-18(23)22-16-8-13(2)15(20)9-17(16)25-3/h4-9H,10-11H2,1-3H3,(H,21,24)(H,22,23). The molecule has 0 aliphatic rings. The monoisotopic (exact) mass is 376 g/mol. The number of anilines is 1. The number of ether oxygens (including phenoxy) is 2. The summed E-state index contributed by atoms with van der Waals surface area (Å²) in [6.07, 6.45) is 0. The number of amides is 2. The molecule has 0 bridgehead atoms. The fourth-order valence-electron chi connectivity index (χ4n) is 2.14. The van der Waals surface area contributed by atoms with Crippen molar-refractivity contribution >= 4 is 29.1 Å². The highest BCUT2D eigenvalue weighted by atomic mass is 35.5. The molecule has 0 unspecified atom stereocenters. The molecule has 26 heavy (non-hydrogen) atoms. The first-order valence-corrected chi connectivity index (χ1v) is 8.37. The number of nitrogens with one attached hydrogen (secondary N) is 2. The predicted molar refractivity (Wildman–Crippen MR) is 101 cm³/mol. The van der Waals surface area contributed by atoms with E-state index < -0.39 is 0 Å². The van der Waals surface area contributed by atoms with Gasteiger partial charge in [0, 0.05) is 11.1 Å². The highest BCUT2D eigenvalue weighted by Gasteiger charge is 2.11. The van der Waals surface area contributed by atoms with Crippen molar-refractivity contribution in [3.63, 3.8) is 0 Å². The second-order valence-electron chi connectivity index (χ2n) is 5.73. The summed E-state index contributed by atoms with van der Waals surface area (Å²) in [4.78, 5) is 23.8. The summed E-state index contributed by atoms with van der Waals surface area (Å²) in [6, 6.07) is 10.7. The Kier molecular flexibility index (Phi) is 6.86. The Labute approximate surface area is 157 Å². The molecule has 0 heterocycles. The van der Waals surface area contributed by atoms with Crippen molar-refractivity contribution in [2.45, 2.75) is 13.8 Å². The molecule has 2 rings (SSSR count). The van der Waals surface area contributed by atoms with Crippen LogP contribution in [0.2, 0.25) is 5.02 Å². The Balaban J connectivity index is 1.82. The highest BCUT2D eigenvalue weighted by Crippen LogP contribution is 2.30. The van der Waals surface area contributed by atoms with E-state index in [0.717, 1.165) is 11.1 Å². The van der Waals surface area contributed by atoms with Gasteiger partial charge in [0.1, 0.15) is 11.5 Å². The molecule has 138 valence electrons.